The van der Waals surface area contributed by atoms with Gasteiger partial charge in [-0.1, -0.05) is 12.1 Å². The fourth-order valence-electron chi connectivity index (χ4n) is 2.97. The Bertz CT molecular complexity index is 864. The van der Waals surface area contributed by atoms with Crippen molar-refractivity contribution in [1.29, 1.82) is 0 Å². The van der Waals surface area contributed by atoms with Crippen LogP contribution >= 0.6 is 0 Å². The van der Waals surface area contributed by atoms with Crippen molar-refractivity contribution >= 4 is 5.82 Å². The van der Waals surface area contributed by atoms with Gasteiger partial charge in [0, 0.05) is 56.5 Å². The number of hydrogen-bond acceptors (Lipinski definition) is 5. The van der Waals surface area contributed by atoms with Crippen molar-refractivity contribution in [3.63, 3.8) is 0 Å². The van der Waals surface area contributed by atoms with E-state index in [4.69, 9.17) is 4.74 Å². The van der Waals surface area contributed by atoms with Crippen LogP contribution in [0.4, 0.5) is 10.2 Å². The van der Waals surface area contributed by atoms with E-state index in [1.54, 1.807) is 24.4 Å². The lowest BCUT2D eigenvalue weighted by atomic mass is 10.1. The summed E-state index contributed by atoms with van der Waals surface area (Å²) >= 11 is 0. The Morgan fingerprint density at radius 1 is 1.27 bits per heavy atom. The molecule has 0 unspecified atom stereocenters. The molecule has 1 aliphatic rings. The van der Waals surface area contributed by atoms with E-state index in [9.17, 15) is 4.39 Å². The molecule has 2 aromatic heterocycles. The molecule has 0 spiro atoms. The van der Waals surface area contributed by atoms with Crippen molar-refractivity contribution in [2.45, 2.75) is 13.1 Å². The van der Waals surface area contributed by atoms with Crippen molar-refractivity contribution in [1.82, 2.24) is 20.1 Å². The summed E-state index contributed by atoms with van der Waals surface area (Å²) < 4.78 is 20.7. The molecule has 3 aromatic rings. The summed E-state index contributed by atoms with van der Waals surface area (Å²) in [4.78, 5) is 4.28. The third-order valence-electron chi connectivity index (χ3n) is 4.30. The quantitative estimate of drug-likeness (QED) is 0.713. The fraction of sp³-hybridized carbons (Fsp3) is 0.263. The Balaban J connectivity index is 1.25. The van der Waals surface area contributed by atoms with Gasteiger partial charge in [0.2, 0.25) is 5.88 Å². The first-order chi connectivity index (χ1) is 12.8. The first-order valence-electron chi connectivity index (χ1n) is 8.61. The number of nitrogens with one attached hydrogen (secondary N) is 2. The zero-order chi connectivity index (χ0) is 17.8. The molecule has 134 valence electrons. The van der Waals surface area contributed by atoms with Crippen LogP contribution in [0.25, 0.3) is 0 Å². The predicted molar refractivity (Wildman–Crippen MR) is 96.6 cm³/mol. The van der Waals surface area contributed by atoms with Crippen LogP contribution in [0, 0.1) is 11.7 Å². The van der Waals surface area contributed by atoms with Crippen LogP contribution < -0.4 is 15.4 Å². The van der Waals surface area contributed by atoms with Gasteiger partial charge in [-0.15, -0.1) is 0 Å². The Labute approximate surface area is 151 Å². The maximum absolute atomic E-state index is 13.2. The summed E-state index contributed by atoms with van der Waals surface area (Å²) in [6.07, 6.45) is 3.59. The van der Waals surface area contributed by atoms with Crippen LogP contribution in [0.1, 0.15) is 5.56 Å². The van der Waals surface area contributed by atoms with Crippen LogP contribution in [0.2, 0.25) is 0 Å². The highest BCUT2D eigenvalue weighted by molar-refractivity contribution is 5.35. The van der Waals surface area contributed by atoms with Crippen LogP contribution in [0.5, 0.6) is 11.6 Å². The summed E-state index contributed by atoms with van der Waals surface area (Å²) in [5.41, 5.74) is 1.07. The van der Waals surface area contributed by atoms with Gasteiger partial charge in [-0.3, -0.25) is 0 Å². The van der Waals surface area contributed by atoms with Gasteiger partial charge in [0.1, 0.15) is 17.4 Å². The molecule has 0 saturated heterocycles. The van der Waals surface area contributed by atoms with Crippen molar-refractivity contribution in [2.24, 2.45) is 5.92 Å². The Morgan fingerprint density at radius 2 is 2.23 bits per heavy atom. The van der Waals surface area contributed by atoms with E-state index >= 15 is 0 Å². The number of anilines is 1. The Kier molecular flexibility index (Phi) is 4.79. The number of benzene rings is 1. The molecule has 0 saturated carbocycles. The van der Waals surface area contributed by atoms with E-state index in [1.807, 2.05) is 23.0 Å². The maximum Gasteiger partial charge on any atom is 0.219 e. The van der Waals surface area contributed by atoms with Gasteiger partial charge < -0.3 is 15.4 Å². The lowest BCUT2D eigenvalue weighted by Crippen LogP contribution is -2.35. The Morgan fingerprint density at radius 3 is 3.08 bits per heavy atom. The molecule has 1 aliphatic heterocycles. The minimum atomic E-state index is -0.331. The van der Waals surface area contributed by atoms with Gasteiger partial charge in [0.25, 0.3) is 0 Å². The molecule has 0 aliphatic carbocycles. The fourth-order valence-corrected chi connectivity index (χ4v) is 2.97. The first-order valence-corrected chi connectivity index (χ1v) is 8.61. The van der Waals surface area contributed by atoms with Gasteiger partial charge in [0.15, 0.2) is 0 Å². The highest BCUT2D eigenvalue weighted by Gasteiger charge is 2.17. The zero-order valence-electron chi connectivity index (χ0n) is 14.2. The summed E-state index contributed by atoms with van der Waals surface area (Å²) in [5, 5.41) is 11.1. The predicted octanol–water partition coefficient (Wildman–Crippen LogP) is 3.04. The van der Waals surface area contributed by atoms with E-state index in [-0.39, 0.29) is 5.82 Å². The number of ether oxygens (including phenoxy) is 1. The van der Waals surface area contributed by atoms with Crippen molar-refractivity contribution < 1.29 is 9.13 Å². The molecular weight excluding hydrogens is 333 g/mol. The molecule has 0 fully saturated rings. The highest BCUT2D eigenvalue weighted by atomic mass is 19.1. The molecular formula is C19H20FN5O. The minimum absolute atomic E-state index is 0.331. The summed E-state index contributed by atoms with van der Waals surface area (Å²) in [6.45, 7) is 3.49. The number of hydrogen-bond donors (Lipinski definition) is 2. The molecule has 7 heteroatoms. The average Bonchev–Trinajstić information content (AvgIpc) is 3.11. The molecule has 0 amide bonds. The molecule has 0 radical (unpaired) electrons. The number of rotatable bonds is 6. The van der Waals surface area contributed by atoms with E-state index in [2.05, 4.69) is 20.7 Å². The van der Waals surface area contributed by atoms with E-state index in [1.165, 1.54) is 12.1 Å². The number of nitrogens with zero attached hydrogens (tertiary/aromatic N) is 3. The molecule has 0 bridgehead atoms. The molecule has 4 rings (SSSR count). The van der Waals surface area contributed by atoms with E-state index < -0.39 is 0 Å². The number of fused-ring (bicyclic) bond motifs is 1. The van der Waals surface area contributed by atoms with Crippen LogP contribution in [0.15, 0.2) is 54.9 Å². The first kappa shape index (κ1) is 16.5. The topological polar surface area (TPSA) is 64.0 Å². The van der Waals surface area contributed by atoms with Gasteiger partial charge >= 0.3 is 0 Å². The molecule has 2 N–H and O–H groups in total. The monoisotopic (exact) mass is 353 g/mol. The van der Waals surface area contributed by atoms with Gasteiger partial charge in [-0.05, 0) is 17.7 Å². The number of aromatic nitrogens is 3. The van der Waals surface area contributed by atoms with E-state index in [0.717, 1.165) is 37.6 Å². The van der Waals surface area contributed by atoms with Crippen molar-refractivity contribution in [3.8, 4) is 11.6 Å². The van der Waals surface area contributed by atoms with Crippen molar-refractivity contribution in [3.05, 3.63) is 66.2 Å². The van der Waals surface area contributed by atoms with Crippen molar-refractivity contribution in [2.75, 3.05) is 18.4 Å². The second-order valence-electron chi connectivity index (χ2n) is 6.34. The second kappa shape index (κ2) is 7.53. The lowest BCUT2D eigenvalue weighted by Gasteiger charge is -2.25. The minimum Gasteiger partial charge on any atom is -0.439 e. The maximum atomic E-state index is 13.2. The largest absolute Gasteiger partial charge is 0.439 e. The van der Waals surface area contributed by atoms with Crippen LogP contribution in [-0.4, -0.2) is 27.9 Å². The average molecular weight is 353 g/mol. The zero-order valence-corrected chi connectivity index (χ0v) is 14.2. The van der Waals surface area contributed by atoms with Crippen LogP contribution in [0.3, 0.4) is 0 Å². The van der Waals surface area contributed by atoms with Gasteiger partial charge in [-0.25, -0.2) is 14.1 Å². The highest BCUT2D eigenvalue weighted by Crippen LogP contribution is 2.20. The van der Waals surface area contributed by atoms with Gasteiger partial charge in [0.05, 0.1) is 6.20 Å². The molecule has 1 aromatic carbocycles. The summed E-state index contributed by atoms with van der Waals surface area (Å²) in [5.74, 6) is 2.13. The molecule has 6 nitrogen and oxygen atoms in total. The standard InChI is InChI=1S/C19H20FN5O/c20-16-2-1-3-17(8-16)26-19-5-4-14(11-23-19)9-21-10-15-12-22-18-6-7-24-25(18)13-15/h1-8,11,15,21-22H,9-10,12-13H2/t15-/m0/s1. The molecule has 26 heavy (non-hydrogen) atoms. The normalized spacial score (nSPS) is 16.0. The third kappa shape index (κ3) is 4.00. The summed E-state index contributed by atoms with van der Waals surface area (Å²) in [7, 11) is 0. The number of pyridine rings is 1. The molecule has 1 atom stereocenters. The number of halogens is 1. The van der Waals surface area contributed by atoms with Gasteiger partial charge in [-0.2, -0.15) is 5.10 Å². The Hall–Kier alpha value is -2.93. The smallest absolute Gasteiger partial charge is 0.219 e. The second-order valence-corrected chi connectivity index (χ2v) is 6.34. The third-order valence-corrected chi connectivity index (χ3v) is 4.30. The summed E-state index contributed by atoms with van der Waals surface area (Å²) in [6, 6.07) is 11.8. The SMILES string of the molecule is Fc1cccc(Oc2ccc(CNC[C@H]3CNc4ccnn4C3)cn2)c1. The lowest BCUT2D eigenvalue weighted by molar-refractivity contribution is 0.391. The van der Waals surface area contributed by atoms with Crippen LogP contribution in [-0.2, 0) is 13.1 Å². The van der Waals surface area contributed by atoms with E-state index in [0.29, 0.717) is 17.5 Å². The molecule has 3 heterocycles.